The second-order valence-corrected chi connectivity index (χ2v) is 7.36. The summed E-state index contributed by atoms with van der Waals surface area (Å²) in [5, 5.41) is 0. The highest BCUT2D eigenvalue weighted by Crippen LogP contribution is 2.26. The van der Waals surface area contributed by atoms with Crippen molar-refractivity contribution in [1.29, 1.82) is 0 Å². The second-order valence-electron chi connectivity index (χ2n) is 4.49. The van der Waals surface area contributed by atoms with Gasteiger partial charge in [-0.2, -0.15) is 0 Å². The third kappa shape index (κ3) is 2.94. The molecule has 1 nitrogen and oxygen atoms in total. The first kappa shape index (κ1) is 11.2. The quantitative estimate of drug-likeness (QED) is 0.632. The maximum atomic E-state index is 11.8. The third-order valence-electron chi connectivity index (χ3n) is 1.91. The van der Waals surface area contributed by atoms with Crippen molar-refractivity contribution in [3.8, 4) is 0 Å². The van der Waals surface area contributed by atoms with Gasteiger partial charge in [0.25, 0.3) is 0 Å². The van der Waals surface area contributed by atoms with Crippen LogP contribution in [0.5, 0.6) is 0 Å². The lowest BCUT2D eigenvalue weighted by Gasteiger charge is -2.30. The van der Waals surface area contributed by atoms with E-state index in [2.05, 4.69) is 20.8 Å². The van der Waals surface area contributed by atoms with Gasteiger partial charge < -0.3 is 0 Å². The monoisotopic (exact) mass is 176 g/mol. The zero-order valence-corrected chi connectivity index (χ0v) is 9.34. The van der Waals surface area contributed by atoms with Crippen LogP contribution in [-0.4, -0.2) is 13.7 Å². The Bertz CT molecular complexity index is 153. The lowest BCUT2D eigenvalue weighted by Crippen LogP contribution is -2.37. The molecule has 0 rings (SSSR count). The predicted octanol–water partition coefficient (Wildman–Crippen LogP) is 2.72. The minimum absolute atomic E-state index is 0.0434. The van der Waals surface area contributed by atoms with Gasteiger partial charge in [0.1, 0.15) is 0 Å². The van der Waals surface area contributed by atoms with Crippen molar-refractivity contribution in [1.82, 2.24) is 0 Å². The second kappa shape index (κ2) is 3.26. The highest BCUT2D eigenvalue weighted by molar-refractivity contribution is 7.87. The van der Waals surface area contributed by atoms with Gasteiger partial charge in [-0.3, -0.25) is 4.21 Å². The van der Waals surface area contributed by atoms with Crippen LogP contribution >= 0.6 is 0 Å². The molecule has 0 aliphatic carbocycles. The molecule has 0 spiro atoms. The summed E-state index contributed by atoms with van der Waals surface area (Å²) in [6, 6.07) is 0. The Kier molecular flexibility index (Phi) is 3.30. The lowest BCUT2D eigenvalue weighted by molar-refractivity contribution is 0.582. The Morgan fingerprint density at radius 3 is 1.55 bits per heavy atom. The summed E-state index contributed by atoms with van der Waals surface area (Å²) in [4.78, 5) is 0. The zero-order chi connectivity index (χ0) is 9.28. The Hall–Kier alpha value is 0.150. The van der Waals surface area contributed by atoms with Crippen molar-refractivity contribution in [2.24, 2.45) is 0 Å². The number of rotatable bonds is 2. The molecule has 11 heavy (non-hydrogen) atoms. The standard InChI is InChI=1S/C9H20OS/c1-7-9(5,6)11(10)8(2,3)4/h7H2,1-6H3. The van der Waals surface area contributed by atoms with Crippen LogP contribution in [0.1, 0.15) is 48.0 Å². The molecule has 0 aliphatic rings. The van der Waals surface area contributed by atoms with Gasteiger partial charge in [0, 0.05) is 20.3 Å². The highest BCUT2D eigenvalue weighted by atomic mass is 32.2. The topological polar surface area (TPSA) is 17.1 Å². The Labute approximate surface area is 73.0 Å². The average Bonchev–Trinajstić information content (AvgIpc) is 1.84. The molecule has 0 aromatic heterocycles. The number of hydrogen-bond donors (Lipinski definition) is 0. The van der Waals surface area contributed by atoms with Crippen molar-refractivity contribution in [2.45, 2.75) is 57.5 Å². The minimum Gasteiger partial charge on any atom is -0.258 e. The summed E-state index contributed by atoms with van der Waals surface area (Å²) >= 11 is 0. The van der Waals surface area contributed by atoms with Crippen molar-refractivity contribution in [2.75, 3.05) is 0 Å². The molecule has 0 aromatic carbocycles. The Balaban J connectivity index is 4.50. The van der Waals surface area contributed by atoms with E-state index >= 15 is 0 Å². The molecular weight excluding hydrogens is 156 g/mol. The molecule has 0 bridgehead atoms. The fourth-order valence-corrected chi connectivity index (χ4v) is 2.88. The molecule has 0 fully saturated rings. The molecule has 1 atom stereocenters. The van der Waals surface area contributed by atoms with Gasteiger partial charge in [-0.1, -0.05) is 6.92 Å². The van der Waals surface area contributed by atoms with Crippen LogP contribution in [0.25, 0.3) is 0 Å². The van der Waals surface area contributed by atoms with E-state index in [1.807, 2.05) is 20.8 Å². The predicted molar refractivity (Wildman–Crippen MR) is 52.3 cm³/mol. The van der Waals surface area contributed by atoms with E-state index in [0.717, 1.165) is 6.42 Å². The third-order valence-corrected chi connectivity index (χ3v) is 4.31. The molecule has 68 valence electrons. The first-order chi connectivity index (χ1) is 4.72. The van der Waals surface area contributed by atoms with E-state index in [1.165, 1.54) is 0 Å². The SMILES string of the molecule is CCC(C)(C)S(=O)C(C)(C)C. The normalized spacial score (nSPS) is 16.5. The molecule has 0 heterocycles. The molecule has 0 aromatic rings. The van der Waals surface area contributed by atoms with Gasteiger partial charge >= 0.3 is 0 Å². The van der Waals surface area contributed by atoms with Crippen molar-refractivity contribution >= 4 is 10.8 Å². The first-order valence-electron chi connectivity index (χ1n) is 4.14. The van der Waals surface area contributed by atoms with Crippen LogP contribution < -0.4 is 0 Å². The van der Waals surface area contributed by atoms with E-state index in [9.17, 15) is 4.21 Å². The molecule has 0 aliphatic heterocycles. The average molecular weight is 176 g/mol. The molecule has 0 amide bonds. The van der Waals surface area contributed by atoms with Crippen LogP contribution in [0.15, 0.2) is 0 Å². The largest absolute Gasteiger partial charge is 0.258 e. The molecule has 0 radical (unpaired) electrons. The maximum Gasteiger partial charge on any atom is 0.0405 e. The smallest absolute Gasteiger partial charge is 0.0405 e. The Morgan fingerprint density at radius 2 is 1.45 bits per heavy atom. The molecule has 1 unspecified atom stereocenters. The van der Waals surface area contributed by atoms with Gasteiger partial charge in [-0.05, 0) is 41.0 Å². The van der Waals surface area contributed by atoms with Gasteiger partial charge in [0.2, 0.25) is 0 Å². The van der Waals surface area contributed by atoms with Crippen LogP contribution in [0.3, 0.4) is 0 Å². The summed E-state index contributed by atoms with van der Waals surface area (Å²) in [5.41, 5.74) is 0. The van der Waals surface area contributed by atoms with Gasteiger partial charge in [0.05, 0.1) is 0 Å². The van der Waals surface area contributed by atoms with E-state index in [4.69, 9.17) is 0 Å². The molecular formula is C9H20OS. The van der Waals surface area contributed by atoms with E-state index in [-0.39, 0.29) is 9.49 Å². The lowest BCUT2D eigenvalue weighted by atomic mass is 10.1. The molecule has 0 saturated carbocycles. The summed E-state index contributed by atoms with van der Waals surface area (Å²) in [7, 11) is -0.748. The fraction of sp³-hybridized carbons (Fsp3) is 1.00. The zero-order valence-electron chi connectivity index (χ0n) is 8.52. The van der Waals surface area contributed by atoms with Gasteiger partial charge in [-0.15, -0.1) is 0 Å². The van der Waals surface area contributed by atoms with Crippen LogP contribution in [0.4, 0.5) is 0 Å². The highest BCUT2D eigenvalue weighted by Gasteiger charge is 2.32. The van der Waals surface area contributed by atoms with Crippen molar-refractivity contribution < 1.29 is 4.21 Å². The van der Waals surface area contributed by atoms with E-state index < -0.39 is 10.8 Å². The summed E-state index contributed by atoms with van der Waals surface area (Å²) < 4.78 is 11.7. The van der Waals surface area contributed by atoms with Crippen LogP contribution in [0.2, 0.25) is 0 Å². The maximum absolute atomic E-state index is 11.8. The van der Waals surface area contributed by atoms with Gasteiger partial charge in [-0.25, -0.2) is 0 Å². The van der Waals surface area contributed by atoms with Crippen molar-refractivity contribution in [3.63, 3.8) is 0 Å². The number of hydrogen-bond acceptors (Lipinski definition) is 1. The van der Waals surface area contributed by atoms with Crippen molar-refractivity contribution in [3.05, 3.63) is 0 Å². The minimum atomic E-state index is -0.748. The fourth-order valence-electron chi connectivity index (χ4n) is 0.960. The van der Waals surface area contributed by atoms with E-state index in [1.54, 1.807) is 0 Å². The summed E-state index contributed by atoms with van der Waals surface area (Å²) in [6.45, 7) is 12.3. The summed E-state index contributed by atoms with van der Waals surface area (Å²) in [5.74, 6) is 0. The van der Waals surface area contributed by atoms with E-state index in [0.29, 0.717) is 0 Å². The summed E-state index contributed by atoms with van der Waals surface area (Å²) in [6.07, 6.45) is 0.969. The molecule has 0 N–H and O–H groups in total. The molecule has 2 heteroatoms. The Morgan fingerprint density at radius 1 is 1.09 bits per heavy atom. The van der Waals surface area contributed by atoms with Crippen LogP contribution in [-0.2, 0) is 10.8 Å². The van der Waals surface area contributed by atoms with Gasteiger partial charge in [0.15, 0.2) is 0 Å². The van der Waals surface area contributed by atoms with Crippen LogP contribution in [0, 0.1) is 0 Å². The molecule has 0 saturated heterocycles. The first-order valence-corrected chi connectivity index (χ1v) is 5.29.